The van der Waals surface area contributed by atoms with Crippen LogP contribution in [0.1, 0.15) is 24.5 Å². The largest absolute Gasteiger partial charge is 0.353 e. The lowest BCUT2D eigenvalue weighted by molar-refractivity contribution is -0.121. The molecule has 1 N–H and O–H groups in total. The van der Waals surface area contributed by atoms with Crippen LogP contribution >= 0.6 is 15.9 Å². The van der Waals surface area contributed by atoms with Gasteiger partial charge in [-0.2, -0.15) is 0 Å². The number of nitrogens with one attached hydrogen (secondary N) is 1. The van der Waals surface area contributed by atoms with Gasteiger partial charge >= 0.3 is 0 Å². The van der Waals surface area contributed by atoms with E-state index in [0.717, 1.165) is 11.8 Å². The molecule has 2 nitrogen and oxygen atoms in total. The Morgan fingerprint density at radius 2 is 2.12 bits per heavy atom. The van der Waals surface area contributed by atoms with E-state index < -0.39 is 0 Å². The first-order valence-corrected chi connectivity index (χ1v) is 6.65. The molecule has 88 valence electrons. The van der Waals surface area contributed by atoms with E-state index in [1.807, 2.05) is 19.1 Å². The van der Waals surface area contributed by atoms with Crippen molar-refractivity contribution in [2.75, 3.05) is 5.33 Å². The average molecular weight is 284 g/mol. The summed E-state index contributed by atoms with van der Waals surface area (Å²) >= 11 is 3.26. The minimum absolute atomic E-state index is 0.109. The Hall–Kier alpha value is -0.830. The zero-order valence-corrected chi connectivity index (χ0v) is 11.4. The Morgan fingerprint density at radius 1 is 1.44 bits per heavy atom. The number of aryl methyl sites for hydroxylation is 1. The molecule has 1 aromatic rings. The Balaban J connectivity index is 2.48. The lowest BCUT2D eigenvalue weighted by atomic mass is 10.0. The maximum Gasteiger partial charge on any atom is 0.221 e. The van der Waals surface area contributed by atoms with Crippen molar-refractivity contribution in [3.05, 3.63) is 35.4 Å². The third-order valence-electron chi connectivity index (χ3n) is 2.52. The minimum atomic E-state index is 0.109. The van der Waals surface area contributed by atoms with Crippen LogP contribution in [0, 0.1) is 6.92 Å². The molecule has 0 aromatic heterocycles. The highest BCUT2D eigenvalue weighted by Crippen LogP contribution is 2.09. The van der Waals surface area contributed by atoms with Crippen molar-refractivity contribution >= 4 is 21.8 Å². The van der Waals surface area contributed by atoms with Gasteiger partial charge in [0.15, 0.2) is 0 Å². The number of hydrogen-bond donors (Lipinski definition) is 1. The number of carbonyl (C=O) groups is 1. The van der Waals surface area contributed by atoms with Gasteiger partial charge in [-0.25, -0.2) is 0 Å². The summed E-state index contributed by atoms with van der Waals surface area (Å²) in [5.41, 5.74) is 2.58. The second-order valence-electron chi connectivity index (χ2n) is 4.04. The Labute approximate surface area is 106 Å². The highest BCUT2D eigenvalue weighted by Gasteiger charge is 2.08. The van der Waals surface area contributed by atoms with Gasteiger partial charge in [0.2, 0.25) is 5.91 Å². The van der Waals surface area contributed by atoms with E-state index in [-0.39, 0.29) is 11.9 Å². The van der Waals surface area contributed by atoms with Crippen molar-refractivity contribution in [1.82, 2.24) is 5.32 Å². The van der Waals surface area contributed by atoms with Crippen molar-refractivity contribution in [3.8, 4) is 0 Å². The molecule has 1 atom stereocenters. The molecule has 1 unspecified atom stereocenters. The first-order valence-electron chi connectivity index (χ1n) is 5.53. The maximum atomic E-state index is 11.4. The number of benzene rings is 1. The lowest BCUT2D eigenvalue weighted by Crippen LogP contribution is -2.34. The van der Waals surface area contributed by atoms with E-state index in [4.69, 9.17) is 0 Å². The molecule has 0 heterocycles. The summed E-state index contributed by atoms with van der Waals surface area (Å²) in [7, 11) is 0. The zero-order valence-electron chi connectivity index (χ0n) is 9.79. The smallest absolute Gasteiger partial charge is 0.221 e. The zero-order chi connectivity index (χ0) is 12.0. The molecule has 3 heteroatoms. The van der Waals surface area contributed by atoms with E-state index in [2.05, 4.69) is 40.3 Å². The number of rotatable bonds is 5. The minimum Gasteiger partial charge on any atom is -0.353 e. The van der Waals surface area contributed by atoms with Gasteiger partial charge in [0.1, 0.15) is 0 Å². The first kappa shape index (κ1) is 13.2. The number of carbonyl (C=O) groups excluding carboxylic acids is 1. The second kappa shape index (κ2) is 6.69. The third kappa shape index (κ3) is 4.35. The third-order valence-corrected chi connectivity index (χ3v) is 2.91. The summed E-state index contributed by atoms with van der Waals surface area (Å²) in [6, 6.07) is 8.47. The second-order valence-corrected chi connectivity index (χ2v) is 4.83. The van der Waals surface area contributed by atoms with Crippen LogP contribution in [0.25, 0.3) is 0 Å². The molecule has 0 aliphatic rings. The van der Waals surface area contributed by atoms with Crippen molar-refractivity contribution in [2.24, 2.45) is 0 Å². The molecule has 0 bridgehead atoms. The summed E-state index contributed by atoms with van der Waals surface area (Å²) in [5, 5.41) is 3.71. The quantitative estimate of drug-likeness (QED) is 0.828. The molecule has 0 saturated heterocycles. The summed E-state index contributed by atoms with van der Waals surface area (Å²) in [6.45, 7) is 4.14. The van der Waals surface area contributed by atoms with Gasteiger partial charge in [-0.3, -0.25) is 4.79 Å². The predicted molar refractivity (Wildman–Crippen MR) is 70.9 cm³/mol. The predicted octanol–water partition coefficient (Wildman–Crippen LogP) is 2.83. The normalized spacial score (nSPS) is 12.2. The molecular weight excluding hydrogens is 266 g/mol. The molecule has 0 aliphatic carbocycles. The molecule has 16 heavy (non-hydrogen) atoms. The number of amides is 1. The Kier molecular flexibility index (Phi) is 5.53. The van der Waals surface area contributed by atoms with E-state index in [1.54, 1.807) is 0 Å². The van der Waals surface area contributed by atoms with Crippen LogP contribution in [-0.2, 0) is 11.2 Å². The van der Waals surface area contributed by atoms with E-state index >= 15 is 0 Å². The van der Waals surface area contributed by atoms with Gasteiger partial charge < -0.3 is 5.32 Å². The first-order chi connectivity index (χ1) is 7.63. The van der Waals surface area contributed by atoms with Crippen molar-refractivity contribution < 1.29 is 4.79 Å². The molecule has 0 saturated carbocycles. The average Bonchev–Trinajstić information content (AvgIpc) is 2.21. The van der Waals surface area contributed by atoms with Gasteiger partial charge in [0.25, 0.3) is 0 Å². The molecule has 1 rings (SSSR count). The fourth-order valence-electron chi connectivity index (χ4n) is 1.65. The molecule has 0 radical (unpaired) electrons. The van der Waals surface area contributed by atoms with Gasteiger partial charge in [-0.05, 0) is 31.4 Å². The molecule has 0 fully saturated rings. The van der Waals surface area contributed by atoms with Crippen molar-refractivity contribution in [2.45, 2.75) is 32.7 Å². The van der Waals surface area contributed by atoms with Gasteiger partial charge in [0.05, 0.1) is 0 Å². The van der Waals surface area contributed by atoms with Gasteiger partial charge in [0, 0.05) is 17.8 Å². The number of halogens is 1. The summed E-state index contributed by atoms with van der Waals surface area (Å²) < 4.78 is 0. The van der Waals surface area contributed by atoms with Crippen LogP contribution in [0.5, 0.6) is 0 Å². The molecular formula is C13H18BrNO. The highest BCUT2D eigenvalue weighted by molar-refractivity contribution is 9.09. The van der Waals surface area contributed by atoms with Crippen molar-refractivity contribution in [1.29, 1.82) is 0 Å². The molecule has 1 amide bonds. The topological polar surface area (TPSA) is 29.1 Å². The molecule has 1 aromatic carbocycles. The summed E-state index contributed by atoms with van der Waals surface area (Å²) in [5.74, 6) is 0.109. The standard InChI is InChI=1S/C13H18BrNO/c1-10-5-3-4-6-12(10)9-11(2)15-13(16)7-8-14/h3-6,11H,7-9H2,1-2H3,(H,15,16). The summed E-state index contributed by atoms with van der Waals surface area (Å²) in [4.78, 5) is 11.4. The number of hydrogen-bond acceptors (Lipinski definition) is 1. The van der Waals surface area contributed by atoms with Gasteiger partial charge in [-0.1, -0.05) is 40.2 Å². The van der Waals surface area contributed by atoms with E-state index in [9.17, 15) is 4.79 Å². The van der Waals surface area contributed by atoms with Crippen LogP contribution in [0.2, 0.25) is 0 Å². The fourth-order valence-corrected chi connectivity index (χ4v) is 2.01. The maximum absolute atomic E-state index is 11.4. The summed E-state index contributed by atoms with van der Waals surface area (Å²) in [6.07, 6.45) is 1.43. The Bertz CT molecular complexity index is 352. The van der Waals surface area contributed by atoms with Crippen LogP contribution in [0.15, 0.2) is 24.3 Å². The Morgan fingerprint density at radius 3 is 2.75 bits per heavy atom. The van der Waals surface area contributed by atoms with Gasteiger partial charge in [-0.15, -0.1) is 0 Å². The SMILES string of the molecule is Cc1ccccc1CC(C)NC(=O)CCBr. The number of alkyl halides is 1. The van der Waals surface area contributed by atoms with E-state index in [1.165, 1.54) is 11.1 Å². The lowest BCUT2D eigenvalue weighted by Gasteiger charge is -2.15. The molecule has 0 aliphatic heterocycles. The van der Waals surface area contributed by atoms with Crippen LogP contribution in [0.3, 0.4) is 0 Å². The van der Waals surface area contributed by atoms with Crippen molar-refractivity contribution in [3.63, 3.8) is 0 Å². The fraction of sp³-hybridized carbons (Fsp3) is 0.462. The highest BCUT2D eigenvalue weighted by atomic mass is 79.9. The van der Waals surface area contributed by atoms with Crippen LogP contribution in [0.4, 0.5) is 0 Å². The monoisotopic (exact) mass is 283 g/mol. The van der Waals surface area contributed by atoms with E-state index in [0.29, 0.717) is 6.42 Å². The van der Waals surface area contributed by atoms with Crippen LogP contribution in [-0.4, -0.2) is 17.3 Å². The molecule has 0 spiro atoms. The van der Waals surface area contributed by atoms with Crippen LogP contribution < -0.4 is 5.32 Å².